The molecule has 3 rings (SSSR count). The molecule has 1 aromatic heterocycles. The first-order valence-electron chi connectivity index (χ1n) is 7.40. The Bertz CT molecular complexity index is 1020. The first-order valence-corrected chi connectivity index (χ1v) is 8.57. The SMILES string of the molecule is Cc1cc(Br)ccc1-n1cc(C#N)c(N)c1C(=O)c1ccc(Cl)cc1. The molecule has 0 bridgehead atoms. The minimum Gasteiger partial charge on any atom is -0.396 e. The summed E-state index contributed by atoms with van der Waals surface area (Å²) in [6, 6.07) is 14.3. The Kier molecular flexibility index (Phi) is 4.67. The maximum Gasteiger partial charge on any atom is 0.211 e. The van der Waals surface area contributed by atoms with Gasteiger partial charge in [-0.15, -0.1) is 0 Å². The van der Waals surface area contributed by atoms with E-state index in [9.17, 15) is 10.1 Å². The summed E-state index contributed by atoms with van der Waals surface area (Å²) in [6.45, 7) is 1.93. The predicted molar refractivity (Wildman–Crippen MR) is 102 cm³/mol. The van der Waals surface area contributed by atoms with Gasteiger partial charge in [0.05, 0.1) is 11.3 Å². The van der Waals surface area contributed by atoms with Crippen molar-refractivity contribution in [2.75, 3.05) is 5.73 Å². The molecule has 0 aliphatic carbocycles. The molecule has 3 aromatic rings. The molecule has 0 unspecified atom stereocenters. The number of nitrogen functional groups attached to an aromatic ring is 1. The lowest BCUT2D eigenvalue weighted by atomic mass is 10.1. The number of halogens is 2. The molecule has 0 saturated heterocycles. The molecule has 25 heavy (non-hydrogen) atoms. The number of nitrogens with two attached hydrogens (primary N) is 1. The normalized spacial score (nSPS) is 10.5. The quantitative estimate of drug-likeness (QED) is 0.620. The van der Waals surface area contributed by atoms with Crippen molar-refractivity contribution in [1.82, 2.24) is 4.57 Å². The number of anilines is 1. The number of ketones is 1. The summed E-state index contributed by atoms with van der Waals surface area (Å²) in [5, 5.41) is 9.87. The smallest absolute Gasteiger partial charge is 0.211 e. The van der Waals surface area contributed by atoms with E-state index in [2.05, 4.69) is 15.9 Å². The van der Waals surface area contributed by atoms with Crippen molar-refractivity contribution >= 4 is 39.0 Å². The van der Waals surface area contributed by atoms with Gasteiger partial charge in [-0.2, -0.15) is 5.26 Å². The largest absolute Gasteiger partial charge is 0.396 e. The van der Waals surface area contributed by atoms with Crippen LogP contribution in [0.4, 0.5) is 5.69 Å². The second-order valence-corrected chi connectivity index (χ2v) is 6.91. The average Bonchev–Trinajstić information content (AvgIpc) is 2.91. The summed E-state index contributed by atoms with van der Waals surface area (Å²) in [6.07, 6.45) is 1.59. The van der Waals surface area contributed by atoms with Gasteiger partial charge in [0, 0.05) is 26.9 Å². The number of hydrogen-bond acceptors (Lipinski definition) is 3. The van der Waals surface area contributed by atoms with E-state index in [1.54, 1.807) is 35.0 Å². The average molecular weight is 415 g/mol. The zero-order valence-corrected chi connectivity index (χ0v) is 15.6. The van der Waals surface area contributed by atoms with E-state index in [0.717, 1.165) is 15.7 Å². The molecule has 0 aliphatic heterocycles. The number of nitriles is 1. The van der Waals surface area contributed by atoms with Crippen LogP contribution in [0.1, 0.15) is 27.2 Å². The highest BCUT2D eigenvalue weighted by Gasteiger charge is 2.23. The Morgan fingerprint density at radius 1 is 1.24 bits per heavy atom. The number of aromatic nitrogens is 1. The second kappa shape index (κ2) is 6.75. The number of nitrogens with zero attached hydrogens (tertiary/aromatic N) is 2. The van der Waals surface area contributed by atoms with Crippen LogP contribution in [0.3, 0.4) is 0 Å². The molecule has 0 fully saturated rings. The van der Waals surface area contributed by atoms with Gasteiger partial charge in [0.2, 0.25) is 5.78 Å². The van der Waals surface area contributed by atoms with Gasteiger partial charge in [0.25, 0.3) is 0 Å². The van der Waals surface area contributed by atoms with Crippen molar-refractivity contribution in [3.8, 4) is 11.8 Å². The van der Waals surface area contributed by atoms with E-state index in [1.165, 1.54) is 0 Å². The number of benzene rings is 2. The molecule has 0 saturated carbocycles. The monoisotopic (exact) mass is 413 g/mol. The molecule has 6 heteroatoms. The highest BCUT2D eigenvalue weighted by Crippen LogP contribution is 2.29. The van der Waals surface area contributed by atoms with Gasteiger partial charge >= 0.3 is 0 Å². The molecular formula is C19H13BrClN3O. The number of carbonyl (C=O) groups excluding carboxylic acids is 1. The van der Waals surface area contributed by atoms with E-state index in [1.807, 2.05) is 31.2 Å². The van der Waals surface area contributed by atoms with E-state index in [0.29, 0.717) is 10.6 Å². The highest BCUT2D eigenvalue weighted by atomic mass is 79.9. The number of aryl methyl sites for hydroxylation is 1. The topological polar surface area (TPSA) is 71.8 Å². The van der Waals surface area contributed by atoms with Crippen molar-refractivity contribution < 1.29 is 4.79 Å². The minimum absolute atomic E-state index is 0.171. The van der Waals surface area contributed by atoms with E-state index in [-0.39, 0.29) is 22.7 Å². The van der Waals surface area contributed by atoms with Crippen LogP contribution < -0.4 is 5.73 Å². The fourth-order valence-corrected chi connectivity index (χ4v) is 3.26. The Morgan fingerprint density at radius 3 is 2.52 bits per heavy atom. The minimum atomic E-state index is -0.266. The third kappa shape index (κ3) is 3.19. The van der Waals surface area contributed by atoms with Gasteiger partial charge in [0.1, 0.15) is 11.8 Å². The Morgan fingerprint density at radius 2 is 1.92 bits per heavy atom. The van der Waals surface area contributed by atoms with Crippen LogP contribution in [0, 0.1) is 18.3 Å². The van der Waals surface area contributed by atoms with Gasteiger partial charge in [-0.1, -0.05) is 27.5 Å². The van der Waals surface area contributed by atoms with Crippen LogP contribution in [0.15, 0.2) is 53.1 Å². The Labute approximate surface area is 158 Å². The molecule has 2 N–H and O–H groups in total. The molecule has 0 atom stereocenters. The van der Waals surface area contributed by atoms with E-state index < -0.39 is 0 Å². The molecule has 124 valence electrons. The van der Waals surface area contributed by atoms with Crippen molar-refractivity contribution in [3.63, 3.8) is 0 Å². The van der Waals surface area contributed by atoms with Crippen LogP contribution in [0.5, 0.6) is 0 Å². The highest BCUT2D eigenvalue weighted by molar-refractivity contribution is 9.10. The summed E-state index contributed by atoms with van der Waals surface area (Å²) >= 11 is 9.32. The number of rotatable bonds is 3. The Balaban J connectivity index is 2.22. The van der Waals surface area contributed by atoms with Crippen LogP contribution >= 0.6 is 27.5 Å². The fraction of sp³-hybridized carbons (Fsp3) is 0.0526. The van der Waals surface area contributed by atoms with Crippen molar-refractivity contribution in [3.05, 3.63) is 80.5 Å². The van der Waals surface area contributed by atoms with Gasteiger partial charge in [-0.3, -0.25) is 4.79 Å². The molecule has 0 aliphatic rings. The van der Waals surface area contributed by atoms with Crippen molar-refractivity contribution in [1.29, 1.82) is 5.26 Å². The van der Waals surface area contributed by atoms with E-state index in [4.69, 9.17) is 17.3 Å². The lowest BCUT2D eigenvalue weighted by Crippen LogP contribution is -2.11. The predicted octanol–water partition coefficient (Wildman–Crippen LogP) is 4.89. The van der Waals surface area contributed by atoms with Gasteiger partial charge in [0.15, 0.2) is 0 Å². The molecule has 1 heterocycles. The first-order chi connectivity index (χ1) is 11.9. The Hall–Kier alpha value is -2.55. The molecule has 0 amide bonds. The van der Waals surface area contributed by atoms with Crippen molar-refractivity contribution in [2.45, 2.75) is 6.92 Å². The van der Waals surface area contributed by atoms with Crippen LogP contribution in [-0.4, -0.2) is 10.4 Å². The summed E-state index contributed by atoms with van der Waals surface area (Å²) in [7, 11) is 0. The van der Waals surface area contributed by atoms with Crippen LogP contribution in [-0.2, 0) is 0 Å². The standard InChI is InChI=1S/C19H13BrClN3O/c1-11-8-14(20)4-7-16(11)24-10-13(9-22)17(23)18(24)19(25)12-2-5-15(21)6-3-12/h2-8,10H,23H2,1H3. The summed E-state index contributed by atoms with van der Waals surface area (Å²) in [4.78, 5) is 13.0. The first kappa shape index (κ1) is 17.3. The van der Waals surface area contributed by atoms with Crippen molar-refractivity contribution in [2.24, 2.45) is 0 Å². The van der Waals surface area contributed by atoms with Gasteiger partial charge in [-0.25, -0.2) is 0 Å². The van der Waals surface area contributed by atoms with E-state index >= 15 is 0 Å². The fourth-order valence-electron chi connectivity index (χ4n) is 2.66. The molecule has 2 aromatic carbocycles. The summed E-state index contributed by atoms with van der Waals surface area (Å²) < 4.78 is 2.60. The molecule has 4 nitrogen and oxygen atoms in total. The zero-order valence-electron chi connectivity index (χ0n) is 13.3. The van der Waals surface area contributed by atoms with Gasteiger partial charge < -0.3 is 10.3 Å². The lowest BCUT2D eigenvalue weighted by Gasteiger charge is -2.12. The third-order valence-corrected chi connectivity index (χ3v) is 4.65. The summed E-state index contributed by atoms with van der Waals surface area (Å²) in [5.74, 6) is -0.266. The number of carbonyl (C=O) groups is 1. The third-order valence-electron chi connectivity index (χ3n) is 3.90. The lowest BCUT2D eigenvalue weighted by molar-refractivity contribution is 0.103. The maximum atomic E-state index is 13.0. The molecule has 0 radical (unpaired) electrons. The zero-order chi connectivity index (χ0) is 18.1. The molecular weight excluding hydrogens is 402 g/mol. The second-order valence-electron chi connectivity index (χ2n) is 5.55. The van der Waals surface area contributed by atoms with Gasteiger partial charge in [-0.05, 0) is 55.0 Å². The van der Waals surface area contributed by atoms with Crippen LogP contribution in [0.25, 0.3) is 5.69 Å². The maximum absolute atomic E-state index is 13.0. The molecule has 0 spiro atoms. The summed E-state index contributed by atoms with van der Waals surface area (Å²) in [5.41, 5.74) is 8.99. The number of hydrogen-bond donors (Lipinski definition) is 1. The van der Waals surface area contributed by atoms with Crippen LogP contribution in [0.2, 0.25) is 5.02 Å².